The van der Waals surface area contributed by atoms with E-state index in [0.29, 0.717) is 6.61 Å². The summed E-state index contributed by atoms with van der Waals surface area (Å²) >= 11 is 0. The molecule has 0 aliphatic carbocycles. The molecule has 2 amide bonds. The maximum atomic E-state index is 11.7. The van der Waals surface area contributed by atoms with Crippen LogP contribution < -0.4 is 15.8 Å². The summed E-state index contributed by atoms with van der Waals surface area (Å²) in [6.45, 7) is 2.19. The molecule has 0 aromatic carbocycles. The van der Waals surface area contributed by atoms with E-state index < -0.39 is 11.8 Å². The first-order valence-electron chi connectivity index (χ1n) is 6.45. The van der Waals surface area contributed by atoms with E-state index in [2.05, 4.69) is 11.9 Å². The molecule has 0 atom stereocenters. The molecule has 1 aromatic rings. The van der Waals surface area contributed by atoms with Gasteiger partial charge >= 0.3 is 0 Å². The molecular formula is C13H19N3O4. The number of rotatable bonds is 7. The minimum Gasteiger partial charge on any atom is -0.503 e. The number of imide groups is 1. The molecule has 0 fully saturated rings. The second-order valence-electron chi connectivity index (χ2n) is 4.14. The molecule has 110 valence electrons. The van der Waals surface area contributed by atoms with Gasteiger partial charge in [-0.3, -0.25) is 14.9 Å². The fourth-order valence-corrected chi connectivity index (χ4v) is 1.49. The Morgan fingerprint density at radius 2 is 2.20 bits per heavy atom. The molecule has 7 nitrogen and oxygen atoms in total. The average Bonchev–Trinajstić information content (AvgIpc) is 2.44. The van der Waals surface area contributed by atoms with E-state index in [4.69, 9.17) is 10.5 Å². The van der Waals surface area contributed by atoms with Crippen molar-refractivity contribution in [3.05, 3.63) is 18.0 Å². The van der Waals surface area contributed by atoms with E-state index in [1.54, 1.807) is 0 Å². The summed E-state index contributed by atoms with van der Waals surface area (Å²) in [5, 5.41) is 11.9. The molecular weight excluding hydrogens is 262 g/mol. The van der Waals surface area contributed by atoms with Crippen molar-refractivity contribution in [2.45, 2.75) is 26.2 Å². The Balaban J connectivity index is 2.73. The number of aromatic hydroxyl groups is 1. The number of carbonyl (C=O) groups is 2. The monoisotopic (exact) mass is 281 g/mol. The molecule has 0 bridgehead atoms. The Hall–Kier alpha value is -2.15. The van der Waals surface area contributed by atoms with E-state index in [-0.39, 0.29) is 23.7 Å². The van der Waals surface area contributed by atoms with Gasteiger partial charge in [-0.05, 0) is 6.42 Å². The van der Waals surface area contributed by atoms with Crippen LogP contribution in [-0.4, -0.2) is 35.1 Å². The minimum atomic E-state index is -0.808. The summed E-state index contributed by atoms with van der Waals surface area (Å²) in [5.41, 5.74) is 4.82. The van der Waals surface area contributed by atoms with Crippen molar-refractivity contribution >= 4 is 11.8 Å². The first kappa shape index (κ1) is 15.9. The van der Waals surface area contributed by atoms with Crippen LogP contribution in [0.4, 0.5) is 0 Å². The maximum absolute atomic E-state index is 11.7. The van der Waals surface area contributed by atoms with Crippen LogP contribution in [-0.2, 0) is 4.79 Å². The van der Waals surface area contributed by atoms with Crippen LogP contribution in [0.3, 0.4) is 0 Å². The normalized spacial score (nSPS) is 10.1. The fourth-order valence-electron chi connectivity index (χ4n) is 1.49. The van der Waals surface area contributed by atoms with Gasteiger partial charge in [-0.2, -0.15) is 0 Å². The van der Waals surface area contributed by atoms with Gasteiger partial charge in [0, 0.05) is 12.3 Å². The lowest BCUT2D eigenvalue weighted by atomic mass is 10.2. The number of nitrogens with one attached hydrogen (secondary N) is 1. The van der Waals surface area contributed by atoms with E-state index in [9.17, 15) is 14.7 Å². The van der Waals surface area contributed by atoms with Crippen LogP contribution in [0.5, 0.6) is 11.5 Å². The van der Waals surface area contributed by atoms with Crippen LogP contribution in [0.2, 0.25) is 0 Å². The first-order chi connectivity index (χ1) is 9.60. The second kappa shape index (κ2) is 8.11. The van der Waals surface area contributed by atoms with Crippen LogP contribution >= 0.6 is 0 Å². The topological polar surface area (TPSA) is 115 Å². The molecule has 0 aliphatic rings. The molecule has 0 radical (unpaired) electrons. The van der Waals surface area contributed by atoms with Crippen LogP contribution in [0, 0.1) is 0 Å². The molecule has 0 aliphatic heterocycles. The van der Waals surface area contributed by atoms with Crippen molar-refractivity contribution < 1.29 is 19.4 Å². The number of nitrogens with two attached hydrogens (primary N) is 1. The van der Waals surface area contributed by atoms with Gasteiger partial charge in [0.05, 0.1) is 13.2 Å². The molecule has 1 rings (SSSR count). The van der Waals surface area contributed by atoms with Crippen molar-refractivity contribution in [2.24, 2.45) is 5.73 Å². The molecule has 1 heterocycles. The van der Waals surface area contributed by atoms with Crippen LogP contribution in [0.15, 0.2) is 12.3 Å². The number of nitrogens with zero attached hydrogens (tertiary/aromatic N) is 1. The Bertz CT molecular complexity index is 477. The summed E-state index contributed by atoms with van der Waals surface area (Å²) in [6, 6.07) is 1.46. The van der Waals surface area contributed by atoms with E-state index in [0.717, 1.165) is 19.3 Å². The van der Waals surface area contributed by atoms with Gasteiger partial charge in [-0.25, -0.2) is 4.98 Å². The predicted octanol–water partition coefficient (Wildman–Crippen LogP) is 0.571. The lowest BCUT2D eigenvalue weighted by molar-refractivity contribution is -0.118. The lowest BCUT2D eigenvalue weighted by Gasteiger charge is -2.10. The number of amides is 2. The highest BCUT2D eigenvalue weighted by Crippen LogP contribution is 2.28. The Morgan fingerprint density at radius 1 is 1.45 bits per heavy atom. The number of hydrogen-bond acceptors (Lipinski definition) is 6. The van der Waals surface area contributed by atoms with Gasteiger partial charge < -0.3 is 15.6 Å². The molecule has 0 unspecified atom stereocenters. The SMILES string of the molecule is CCCCCOc1ccnc(C(=O)NC(=O)CN)c1O. The summed E-state index contributed by atoms with van der Waals surface area (Å²) in [7, 11) is 0. The van der Waals surface area contributed by atoms with Crippen molar-refractivity contribution in [3.8, 4) is 11.5 Å². The lowest BCUT2D eigenvalue weighted by Crippen LogP contribution is -2.35. The van der Waals surface area contributed by atoms with Crippen LogP contribution in [0.25, 0.3) is 0 Å². The highest BCUT2D eigenvalue weighted by atomic mass is 16.5. The number of carbonyl (C=O) groups excluding carboxylic acids is 2. The van der Waals surface area contributed by atoms with Gasteiger partial charge in [-0.15, -0.1) is 0 Å². The van der Waals surface area contributed by atoms with Gasteiger partial charge in [0.25, 0.3) is 5.91 Å². The van der Waals surface area contributed by atoms with Crippen molar-refractivity contribution in [1.29, 1.82) is 0 Å². The summed E-state index contributed by atoms with van der Waals surface area (Å²) < 4.78 is 5.38. The summed E-state index contributed by atoms with van der Waals surface area (Å²) in [6.07, 6.45) is 4.26. The van der Waals surface area contributed by atoms with Crippen molar-refractivity contribution in [2.75, 3.05) is 13.2 Å². The Morgan fingerprint density at radius 3 is 2.85 bits per heavy atom. The molecule has 7 heteroatoms. The van der Waals surface area contributed by atoms with Crippen molar-refractivity contribution in [3.63, 3.8) is 0 Å². The van der Waals surface area contributed by atoms with E-state index in [1.165, 1.54) is 12.3 Å². The molecule has 0 saturated heterocycles. The van der Waals surface area contributed by atoms with Gasteiger partial charge in [0.1, 0.15) is 0 Å². The van der Waals surface area contributed by atoms with E-state index in [1.807, 2.05) is 5.32 Å². The predicted molar refractivity (Wildman–Crippen MR) is 72.4 cm³/mol. The number of unbranched alkanes of at least 4 members (excludes halogenated alkanes) is 2. The summed E-state index contributed by atoms with van der Waals surface area (Å²) in [4.78, 5) is 26.5. The Kier molecular flexibility index (Phi) is 6.45. The second-order valence-corrected chi connectivity index (χ2v) is 4.14. The molecule has 0 saturated carbocycles. The molecule has 0 spiro atoms. The molecule has 4 N–H and O–H groups in total. The zero-order valence-corrected chi connectivity index (χ0v) is 11.4. The van der Waals surface area contributed by atoms with Gasteiger partial charge in [0.15, 0.2) is 17.2 Å². The maximum Gasteiger partial charge on any atom is 0.280 e. The third-order valence-electron chi connectivity index (χ3n) is 2.55. The zero-order valence-electron chi connectivity index (χ0n) is 11.4. The summed E-state index contributed by atoms with van der Waals surface area (Å²) in [5.74, 6) is -1.67. The minimum absolute atomic E-state index is 0.168. The van der Waals surface area contributed by atoms with Gasteiger partial charge in [-0.1, -0.05) is 19.8 Å². The number of pyridine rings is 1. The third kappa shape index (κ3) is 4.51. The number of ether oxygens (including phenoxy) is 1. The molecule has 1 aromatic heterocycles. The smallest absolute Gasteiger partial charge is 0.280 e. The van der Waals surface area contributed by atoms with Crippen LogP contribution in [0.1, 0.15) is 36.7 Å². The quantitative estimate of drug-likeness (QED) is 0.629. The van der Waals surface area contributed by atoms with Crippen molar-refractivity contribution in [1.82, 2.24) is 10.3 Å². The zero-order chi connectivity index (χ0) is 15.0. The molecule has 20 heavy (non-hydrogen) atoms. The van der Waals surface area contributed by atoms with Gasteiger partial charge in [0.2, 0.25) is 5.91 Å². The third-order valence-corrected chi connectivity index (χ3v) is 2.55. The Labute approximate surface area is 117 Å². The average molecular weight is 281 g/mol. The highest BCUT2D eigenvalue weighted by molar-refractivity contribution is 6.05. The first-order valence-corrected chi connectivity index (χ1v) is 6.45. The number of hydrogen-bond donors (Lipinski definition) is 3. The fraction of sp³-hybridized carbons (Fsp3) is 0.462. The van der Waals surface area contributed by atoms with E-state index >= 15 is 0 Å². The number of aromatic nitrogens is 1. The standard InChI is InChI=1S/C13H19N3O4/c1-2-3-4-7-20-9-5-6-15-11(12(9)18)13(19)16-10(17)8-14/h5-6,18H,2-4,7-8,14H2,1H3,(H,16,17,19). The highest BCUT2D eigenvalue weighted by Gasteiger charge is 2.18. The largest absolute Gasteiger partial charge is 0.503 e.